The van der Waals surface area contributed by atoms with Crippen LogP contribution < -0.4 is 5.32 Å². The Labute approximate surface area is 331 Å². The number of hydrogen-bond donors (Lipinski definition) is 7. The molecule has 55 heavy (non-hydrogen) atoms. The summed E-state index contributed by atoms with van der Waals surface area (Å²) in [6.07, 6.45) is 23.8. The smallest absolute Gasteiger partial charge is 0.394 e. The zero-order chi connectivity index (χ0) is 40.7. The van der Waals surface area contributed by atoms with Gasteiger partial charge < -0.3 is 40.3 Å². The first-order valence-electron chi connectivity index (χ1n) is 21.0. The Hall–Kier alpha value is -1.72. The van der Waals surface area contributed by atoms with E-state index in [4.69, 9.17) is 14.0 Å². The van der Waals surface area contributed by atoms with Crippen molar-refractivity contribution in [3.05, 3.63) is 36.5 Å². The summed E-state index contributed by atoms with van der Waals surface area (Å²) in [5, 5.41) is 54.9. The van der Waals surface area contributed by atoms with Crippen LogP contribution in [-0.2, 0) is 28.9 Å². The molecule has 7 N–H and O–H groups in total. The van der Waals surface area contributed by atoms with Gasteiger partial charge in [0, 0.05) is 0 Å². The third-order valence-corrected chi connectivity index (χ3v) is 10.2. The van der Waals surface area contributed by atoms with Gasteiger partial charge >= 0.3 is 10.4 Å². The van der Waals surface area contributed by atoms with Crippen LogP contribution in [0, 0.1) is 0 Å². The van der Waals surface area contributed by atoms with E-state index in [1.54, 1.807) is 6.08 Å². The number of carbonyl (C=O) groups excluding carboxylic acids is 1. The largest absolute Gasteiger partial charge is 0.397 e. The van der Waals surface area contributed by atoms with Crippen LogP contribution in [0.15, 0.2) is 36.5 Å². The molecule has 14 heteroatoms. The summed E-state index contributed by atoms with van der Waals surface area (Å²) in [6, 6.07) is -1.14. The van der Waals surface area contributed by atoms with E-state index in [2.05, 4.69) is 47.7 Å². The molecule has 1 heterocycles. The van der Waals surface area contributed by atoms with Crippen LogP contribution in [0.3, 0.4) is 0 Å². The number of hydrogen-bond acceptors (Lipinski definition) is 11. The molecule has 13 nitrogen and oxygen atoms in total. The van der Waals surface area contributed by atoms with E-state index in [1.807, 2.05) is 0 Å². The first-order chi connectivity index (χ1) is 26.4. The Morgan fingerprint density at radius 2 is 1.22 bits per heavy atom. The van der Waals surface area contributed by atoms with Gasteiger partial charge in [-0.15, -0.1) is 0 Å². The molecule has 0 saturated carbocycles. The molecule has 0 radical (unpaired) electrons. The van der Waals surface area contributed by atoms with Crippen molar-refractivity contribution in [1.29, 1.82) is 0 Å². The monoisotopic (exact) mass is 806 g/mol. The summed E-state index contributed by atoms with van der Waals surface area (Å²) < 4.78 is 47.3. The van der Waals surface area contributed by atoms with Crippen LogP contribution in [0.1, 0.15) is 155 Å². The van der Waals surface area contributed by atoms with Crippen molar-refractivity contribution in [1.82, 2.24) is 5.32 Å². The predicted octanol–water partition coefficient (Wildman–Crippen LogP) is 6.13. The van der Waals surface area contributed by atoms with Crippen LogP contribution in [0.4, 0.5) is 0 Å². The van der Waals surface area contributed by atoms with Crippen LogP contribution >= 0.6 is 0 Å². The van der Waals surface area contributed by atoms with Gasteiger partial charge in [0.25, 0.3) is 0 Å². The number of unbranched alkanes of at least 4 members (excludes halogenated alkanes) is 17. The van der Waals surface area contributed by atoms with Crippen molar-refractivity contribution in [2.24, 2.45) is 0 Å². The molecule has 1 saturated heterocycles. The lowest BCUT2D eigenvalue weighted by atomic mass is 9.99. The minimum atomic E-state index is -5.12. The lowest BCUT2D eigenvalue weighted by molar-refractivity contribution is -0.298. The summed E-state index contributed by atoms with van der Waals surface area (Å²) in [5.74, 6) is -0.719. The molecule has 1 aliphatic rings. The predicted molar refractivity (Wildman–Crippen MR) is 214 cm³/mol. The molecule has 1 amide bonds. The quantitative estimate of drug-likeness (QED) is 0.0223. The maximum Gasteiger partial charge on any atom is 0.397 e. The number of aliphatic hydroxyl groups is 5. The summed E-state index contributed by atoms with van der Waals surface area (Å²) in [7, 11) is -5.12. The van der Waals surface area contributed by atoms with E-state index < -0.39 is 78.5 Å². The Morgan fingerprint density at radius 1 is 0.727 bits per heavy atom. The Bertz CT molecular complexity index is 1150. The highest BCUT2D eigenvalue weighted by Crippen LogP contribution is 2.26. The van der Waals surface area contributed by atoms with Gasteiger partial charge in [0.1, 0.15) is 30.5 Å². The number of nitrogens with one attached hydrogen (secondary N) is 1. The fourth-order valence-corrected chi connectivity index (χ4v) is 6.88. The number of carbonyl (C=O) groups is 1. The van der Waals surface area contributed by atoms with E-state index in [0.717, 1.165) is 44.9 Å². The molecule has 1 rings (SSSR count). The van der Waals surface area contributed by atoms with E-state index >= 15 is 0 Å². The Kier molecular flexibility index (Phi) is 30.1. The second-order valence-corrected chi connectivity index (χ2v) is 15.8. The van der Waals surface area contributed by atoms with Crippen molar-refractivity contribution in [3.63, 3.8) is 0 Å². The van der Waals surface area contributed by atoms with E-state index in [-0.39, 0.29) is 6.42 Å². The second-order valence-electron chi connectivity index (χ2n) is 14.7. The molecule has 322 valence electrons. The lowest BCUT2D eigenvalue weighted by Crippen LogP contribution is -2.61. The minimum Gasteiger partial charge on any atom is -0.394 e. The van der Waals surface area contributed by atoms with E-state index in [1.165, 1.54) is 83.1 Å². The molecule has 0 bridgehead atoms. The van der Waals surface area contributed by atoms with Crippen molar-refractivity contribution in [2.45, 2.75) is 204 Å². The zero-order valence-electron chi connectivity index (χ0n) is 33.6. The van der Waals surface area contributed by atoms with Gasteiger partial charge in [-0.2, -0.15) is 8.42 Å². The maximum atomic E-state index is 13.0. The highest BCUT2D eigenvalue weighted by molar-refractivity contribution is 7.80. The van der Waals surface area contributed by atoms with Gasteiger partial charge in [-0.3, -0.25) is 9.35 Å². The molecule has 1 aliphatic heterocycles. The lowest BCUT2D eigenvalue weighted by Gasteiger charge is -2.41. The molecule has 0 aromatic carbocycles. The molecule has 0 aromatic heterocycles. The molecular weight excluding hydrogens is 731 g/mol. The topological polar surface area (TPSA) is 212 Å². The summed E-state index contributed by atoms with van der Waals surface area (Å²) in [6.45, 7) is 3.13. The summed E-state index contributed by atoms with van der Waals surface area (Å²) in [5.41, 5.74) is 0. The van der Waals surface area contributed by atoms with Gasteiger partial charge in [0.05, 0.1) is 25.4 Å². The number of rotatable bonds is 34. The molecule has 8 unspecified atom stereocenters. The first-order valence-corrected chi connectivity index (χ1v) is 22.3. The van der Waals surface area contributed by atoms with E-state index in [0.29, 0.717) is 12.8 Å². The third kappa shape index (κ3) is 25.3. The standard InChI is InChI=1S/C41H75NO12S/c1-3-5-7-9-11-13-15-17-18-20-21-23-25-27-29-34(44)33(32-52-41-38(47)39(54-55(49,50)51)37(46)36(31-43)53-41)42-40(48)35(45)30-28-26-24-22-19-16-14-12-10-8-6-4-2/h13,15,20-21,27,29,33-39,41,43-47H,3-12,14,16-19,22-26,28,30-32H2,1-2H3,(H,42,48)(H,49,50,51)/b15-13+,21-20+,29-27+. The SMILES string of the molecule is CCCCCC/C=C/CC/C=C/CC/C=C/C(O)C(COC1OC(CO)C(O)C(OS(=O)(=O)O)C1O)NC(=O)C(O)CCCCCCCCCCCCCC. The first kappa shape index (κ1) is 51.3. The van der Waals surface area contributed by atoms with Gasteiger partial charge in [-0.05, 0) is 44.9 Å². The number of amides is 1. The van der Waals surface area contributed by atoms with Crippen LogP contribution in [0.5, 0.6) is 0 Å². The minimum absolute atomic E-state index is 0.235. The number of ether oxygens (including phenoxy) is 2. The van der Waals surface area contributed by atoms with Crippen molar-refractivity contribution < 1.29 is 57.0 Å². The van der Waals surface area contributed by atoms with Crippen molar-refractivity contribution in [2.75, 3.05) is 13.2 Å². The summed E-state index contributed by atoms with van der Waals surface area (Å²) in [4.78, 5) is 13.0. The van der Waals surface area contributed by atoms with Crippen LogP contribution in [0.2, 0.25) is 0 Å². The van der Waals surface area contributed by atoms with Crippen molar-refractivity contribution >= 4 is 16.3 Å². The number of aliphatic hydroxyl groups excluding tert-OH is 5. The second kappa shape index (κ2) is 32.3. The molecule has 0 aliphatic carbocycles. The number of allylic oxidation sites excluding steroid dienone is 5. The maximum absolute atomic E-state index is 13.0. The molecule has 0 aromatic rings. The van der Waals surface area contributed by atoms with Crippen LogP contribution in [-0.4, -0.2) is 107 Å². The van der Waals surface area contributed by atoms with Crippen LogP contribution in [0.25, 0.3) is 0 Å². The average molecular weight is 806 g/mol. The van der Waals surface area contributed by atoms with Gasteiger partial charge in [0.2, 0.25) is 5.91 Å². The highest BCUT2D eigenvalue weighted by Gasteiger charge is 2.48. The highest BCUT2D eigenvalue weighted by atomic mass is 32.3. The molecule has 8 atom stereocenters. The fourth-order valence-electron chi connectivity index (χ4n) is 6.37. The van der Waals surface area contributed by atoms with Gasteiger partial charge in [0.15, 0.2) is 6.29 Å². The molecule has 1 fully saturated rings. The average Bonchev–Trinajstić information content (AvgIpc) is 3.15. The summed E-state index contributed by atoms with van der Waals surface area (Å²) >= 11 is 0. The molecular formula is C41H75NO12S. The zero-order valence-corrected chi connectivity index (χ0v) is 34.4. The van der Waals surface area contributed by atoms with Gasteiger partial charge in [-0.1, -0.05) is 147 Å². The van der Waals surface area contributed by atoms with Crippen molar-refractivity contribution in [3.8, 4) is 0 Å². The third-order valence-electron chi connectivity index (χ3n) is 9.76. The fraction of sp³-hybridized carbons (Fsp3) is 0.829. The Morgan fingerprint density at radius 3 is 1.75 bits per heavy atom. The molecule has 0 spiro atoms. The van der Waals surface area contributed by atoms with E-state index in [9.17, 15) is 38.7 Å². The van der Waals surface area contributed by atoms with Gasteiger partial charge in [-0.25, -0.2) is 4.18 Å². The normalized spacial score (nSPS) is 22.5. The Balaban J connectivity index is 2.71.